The van der Waals surface area contributed by atoms with Crippen LogP contribution in [0.15, 0.2) is 14.9 Å². The highest BCUT2D eigenvalue weighted by Gasteiger charge is 2.55. The van der Waals surface area contributed by atoms with Gasteiger partial charge in [0, 0.05) is 10.2 Å². The van der Waals surface area contributed by atoms with Gasteiger partial charge >= 0.3 is 5.97 Å². The van der Waals surface area contributed by atoms with Crippen molar-refractivity contribution < 1.29 is 19.5 Å². The fourth-order valence-electron chi connectivity index (χ4n) is 2.61. The Kier molecular flexibility index (Phi) is 5.22. The van der Waals surface area contributed by atoms with Crippen molar-refractivity contribution in [2.75, 3.05) is 0 Å². The van der Waals surface area contributed by atoms with Crippen LogP contribution >= 0.6 is 34.9 Å². The number of amides is 2. The van der Waals surface area contributed by atoms with E-state index in [1.54, 1.807) is 13.0 Å². The van der Waals surface area contributed by atoms with Crippen molar-refractivity contribution in [2.45, 2.75) is 41.3 Å². The third-order valence-corrected chi connectivity index (χ3v) is 7.41. The molecule has 3 atom stereocenters. The largest absolute Gasteiger partial charge is 0.477 e. The number of aliphatic carboxylic acids is 1. The van der Waals surface area contributed by atoms with E-state index in [9.17, 15) is 19.5 Å². The average molecular weight is 411 g/mol. The van der Waals surface area contributed by atoms with Gasteiger partial charge in [-0.3, -0.25) is 14.5 Å². The maximum Gasteiger partial charge on any atom is 0.353 e. The molecule has 3 rings (SSSR count). The standard InChI is InChI=1S/C14H13N5O4S3/c1-5-10(26-14-18-17-6(2)25-14)9(13(22)23)19-11(21)8(12(19)24-5)16-7(20)3-4-15/h5,8,12H,3H2,1-2H3,(H,16,20)(H,22,23)/t5?,8?,12-/m1/s1. The third kappa shape index (κ3) is 3.29. The molecule has 0 spiro atoms. The van der Waals surface area contributed by atoms with Crippen molar-refractivity contribution in [1.29, 1.82) is 5.26 Å². The zero-order valence-corrected chi connectivity index (χ0v) is 16.1. The lowest BCUT2D eigenvalue weighted by atomic mass is 10.0. The van der Waals surface area contributed by atoms with Crippen LogP contribution in [0.1, 0.15) is 18.4 Å². The van der Waals surface area contributed by atoms with Gasteiger partial charge in [-0.05, 0) is 13.8 Å². The Morgan fingerprint density at radius 1 is 1.46 bits per heavy atom. The second-order valence-corrected chi connectivity index (χ2v) is 9.40. The van der Waals surface area contributed by atoms with Crippen molar-refractivity contribution in [3.8, 4) is 6.07 Å². The lowest BCUT2D eigenvalue weighted by Gasteiger charge is -2.50. The van der Waals surface area contributed by atoms with Gasteiger partial charge in [-0.1, -0.05) is 23.1 Å². The van der Waals surface area contributed by atoms with Crippen LogP contribution in [0.4, 0.5) is 0 Å². The number of hydrogen-bond acceptors (Lipinski definition) is 9. The van der Waals surface area contributed by atoms with Gasteiger partial charge in [0.15, 0.2) is 4.34 Å². The van der Waals surface area contributed by atoms with E-state index in [-0.39, 0.29) is 17.4 Å². The molecular weight excluding hydrogens is 398 g/mol. The number of aryl methyl sites for hydroxylation is 1. The van der Waals surface area contributed by atoms with Crippen LogP contribution in [0.2, 0.25) is 0 Å². The molecule has 1 aromatic heterocycles. The number of nitrogens with zero attached hydrogens (tertiary/aromatic N) is 4. The number of thioether (sulfide) groups is 2. The Balaban J connectivity index is 1.88. The molecule has 2 aliphatic rings. The van der Waals surface area contributed by atoms with E-state index >= 15 is 0 Å². The lowest BCUT2D eigenvalue weighted by molar-refractivity contribution is -0.150. The fraction of sp³-hybridized carbons (Fsp3) is 0.429. The first-order valence-electron chi connectivity index (χ1n) is 7.43. The fourth-order valence-corrected chi connectivity index (χ4v) is 6.17. The summed E-state index contributed by atoms with van der Waals surface area (Å²) >= 11 is 3.92. The van der Waals surface area contributed by atoms with Crippen molar-refractivity contribution >= 4 is 52.6 Å². The molecule has 0 saturated carbocycles. The number of rotatable bonds is 5. The van der Waals surface area contributed by atoms with E-state index in [2.05, 4.69) is 15.5 Å². The van der Waals surface area contributed by atoms with E-state index in [1.807, 2.05) is 6.92 Å². The van der Waals surface area contributed by atoms with Crippen LogP contribution in [0.5, 0.6) is 0 Å². The van der Waals surface area contributed by atoms with E-state index in [1.165, 1.54) is 39.8 Å². The minimum Gasteiger partial charge on any atom is -0.477 e. The van der Waals surface area contributed by atoms with E-state index < -0.39 is 29.2 Å². The van der Waals surface area contributed by atoms with Crippen molar-refractivity contribution in [2.24, 2.45) is 0 Å². The molecule has 0 radical (unpaired) electrons. The summed E-state index contributed by atoms with van der Waals surface area (Å²) in [5.41, 5.74) is -0.0881. The van der Waals surface area contributed by atoms with Crippen LogP contribution in [0.25, 0.3) is 0 Å². The molecule has 2 N–H and O–H groups in total. The molecule has 9 nitrogen and oxygen atoms in total. The van der Waals surface area contributed by atoms with E-state index in [0.717, 1.165) is 5.01 Å². The molecule has 1 fully saturated rings. The molecule has 1 saturated heterocycles. The number of β-lactam (4-membered cyclic amide) rings is 1. The number of aromatic nitrogens is 2. The molecule has 0 bridgehead atoms. The van der Waals surface area contributed by atoms with Gasteiger partial charge in [0.05, 0.1) is 6.07 Å². The maximum absolute atomic E-state index is 12.4. The third-order valence-electron chi connectivity index (χ3n) is 3.69. The Hall–Kier alpha value is -2.10. The number of carbonyl (C=O) groups is 3. The molecule has 3 heterocycles. The zero-order chi connectivity index (χ0) is 19.0. The SMILES string of the molecule is Cc1nnc(SC2=C(C(=O)O)N3C(=O)C(NC(=O)CC#N)[C@H]3SC2C)s1. The van der Waals surface area contributed by atoms with Gasteiger partial charge in [0.25, 0.3) is 5.91 Å². The average Bonchev–Trinajstić information content (AvgIpc) is 2.99. The van der Waals surface area contributed by atoms with Gasteiger partial charge < -0.3 is 10.4 Å². The quantitative estimate of drug-likeness (QED) is 0.678. The van der Waals surface area contributed by atoms with Crippen molar-refractivity contribution in [3.63, 3.8) is 0 Å². The van der Waals surface area contributed by atoms with Gasteiger partial charge in [0.2, 0.25) is 5.91 Å². The zero-order valence-electron chi connectivity index (χ0n) is 13.6. The molecule has 12 heteroatoms. The molecular formula is C14H13N5O4S3. The summed E-state index contributed by atoms with van der Waals surface area (Å²) < 4.78 is 0.606. The van der Waals surface area contributed by atoms with E-state index in [4.69, 9.17) is 5.26 Å². The molecule has 2 aliphatic heterocycles. The summed E-state index contributed by atoms with van der Waals surface area (Å²) in [7, 11) is 0. The molecule has 0 aliphatic carbocycles. The van der Waals surface area contributed by atoms with Crippen LogP contribution in [-0.4, -0.2) is 54.7 Å². The normalized spacial score (nSPS) is 24.6. The molecule has 1 aromatic rings. The smallest absolute Gasteiger partial charge is 0.353 e. The highest BCUT2D eigenvalue weighted by atomic mass is 32.2. The summed E-state index contributed by atoms with van der Waals surface area (Å²) in [6, 6.07) is 0.892. The topological polar surface area (TPSA) is 136 Å². The summed E-state index contributed by atoms with van der Waals surface area (Å²) in [5, 5.41) is 28.7. The van der Waals surface area contributed by atoms with Crippen molar-refractivity contribution in [1.82, 2.24) is 20.4 Å². The number of carboxylic acids is 1. The van der Waals surface area contributed by atoms with Gasteiger partial charge in [-0.15, -0.1) is 22.0 Å². The van der Waals surface area contributed by atoms with E-state index in [0.29, 0.717) is 9.24 Å². The molecule has 136 valence electrons. The second kappa shape index (κ2) is 7.26. The Morgan fingerprint density at radius 3 is 2.77 bits per heavy atom. The predicted octanol–water partition coefficient (Wildman–Crippen LogP) is 0.937. The number of fused-ring (bicyclic) bond motifs is 1. The Morgan fingerprint density at radius 2 is 2.19 bits per heavy atom. The summed E-state index contributed by atoms with van der Waals surface area (Å²) in [5.74, 6) is -2.25. The minimum atomic E-state index is -1.21. The van der Waals surface area contributed by atoms with Crippen LogP contribution < -0.4 is 5.32 Å². The number of carboxylic acid groups (broad SMARTS) is 1. The van der Waals surface area contributed by atoms with Crippen LogP contribution in [-0.2, 0) is 14.4 Å². The highest BCUT2D eigenvalue weighted by molar-refractivity contribution is 8.07. The van der Waals surface area contributed by atoms with Crippen LogP contribution in [0, 0.1) is 18.3 Å². The molecule has 26 heavy (non-hydrogen) atoms. The first-order valence-corrected chi connectivity index (χ1v) is 10.0. The number of nitriles is 1. The Labute approximate surface area is 160 Å². The van der Waals surface area contributed by atoms with Gasteiger partial charge in [-0.2, -0.15) is 5.26 Å². The maximum atomic E-state index is 12.4. The van der Waals surface area contributed by atoms with Gasteiger partial charge in [-0.25, -0.2) is 4.79 Å². The predicted molar refractivity (Wildman–Crippen MR) is 95.0 cm³/mol. The van der Waals surface area contributed by atoms with Crippen molar-refractivity contribution in [3.05, 3.63) is 15.6 Å². The summed E-state index contributed by atoms with van der Waals surface area (Å²) in [6.45, 7) is 3.65. The number of nitrogens with one attached hydrogen (secondary N) is 1. The first kappa shape index (κ1) is 18.7. The number of hydrogen-bond donors (Lipinski definition) is 2. The van der Waals surface area contributed by atoms with Crippen LogP contribution in [0.3, 0.4) is 0 Å². The first-order chi connectivity index (χ1) is 12.3. The second-order valence-electron chi connectivity index (χ2n) is 5.46. The monoisotopic (exact) mass is 411 g/mol. The van der Waals surface area contributed by atoms with Gasteiger partial charge in [0.1, 0.15) is 28.5 Å². The lowest BCUT2D eigenvalue weighted by Crippen LogP contribution is -2.71. The highest BCUT2D eigenvalue weighted by Crippen LogP contribution is 2.49. The molecule has 2 unspecified atom stereocenters. The molecule has 2 amide bonds. The summed E-state index contributed by atoms with van der Waals surface area (Å²) in [6.07, 6.45) is -0.351. The Bertz CT molecular complexity index is 861. The summed E-state index contributed by atoms with van der Waals surface area (Å²) in [4.78, 5) is 37.6. The molecule has 0 aromatic carbocycles. The number of carbonyl (C=O) groups excluding carboxylic acids is 2. The minimum absolute atomic E-state index is 0.0881.